The van der Waals surface area contributed by atoms with Crippen LogP contribution in [0.2, 0.25) is 0 Å². The zero-order chi connectivity index (χ0) is 24.2. The van der Waals surface area contributed by atoms with Crippen molar-refractivity contribution in [2.24, 2.45) is 20.5 Å². The van der Waals surface area contributed by atoms with Crippen LogP contribution in [-0.2, 0) is 0 Å². The summed E-state index contributed by atoms with van der Waals surface area (Å²) in [6.07, 6.45) is 0. The van der Waals surface area contributed by atoms with E-state index in [1.807, 2.05) is 0 Å². The maximum absolute atomic E-state index is 8.48. The molecular formula is C8H4N26. The lowest BCUT2D eigenvalue weighted by molar-refractivity contribution is 0.861. The molecule has 0 atom stereocenters. The Hall–Kier alpha value is -6.60. The molecule has 3 rings (SSSR count). The molecule has 0 saturated heterocycles. The molecule has 34 heavy (non-hydrogen) atoms. The Labute approximate surface area is 182 Å². The highest BCUT2D eigenvalue weighted by atomic mass is 15.5. The van der Waals surface area contributed by atoms with Crippen molar-refractivity contribution in [3.8, 4) is 0 Å². The molecule has 4 N–H and O–H groups in total. The van der Waals surface area contributed by atoms with Crippen LogP contribution in [0.4, 0.5) is 47.6 Å². The van der Waals surface area contributed by atoms with Gasteiger partial charge in [0.15, 0.2) is 0 Å². The minimum Gasteiger partial charge on any atom is -0.265 e. The van der Waals surface area contributed by atoms with Crippen LogP contribution in [-0.4, -0.2) is 50.3 Å². The van der Waals surface area contributed by atoms with Crippen LogP contribution < -0.4 is 21.7 Å². The van der Waals surface area contributed by atoms with Crippen molar-refractivity contribution in [3.05, 3.63) is 41.8 Å². The van der Waals surface area contributed by atoms with Crippen LogP contribution in [0, 0.1) is 0 Å². The van der Waals surface area contributed by atoms with E-state index in [4.69, 9.17) is 22.1 Å². The summed E-state index contributed by atoms with van der Waals surface area (Å²) in [5.74, 6) is -2.16. The molecule has 0 unspecified atom stereocenters. The number of nitrogens with zero attached hydrogens (tertiary/aromatic N) is 22. The summed E-state index contributed by atoms with van der Waals surface area (Å²) in [6.45, 7) is 0. The molecule has 3 aromatic heterocycles. The second-order valence-electron chi connectivity index (χ2n) is 4.82. The van der Waals surface area contributed by atoms with Gasteiger partial charge in [-0.2, -0.15) is 19.9 Å². The fourth-order valence-electron chi connectivity index (χ4n) is 1.71. The van der Waals surface area contributed by atoms with Crippen molar-refractivity contribution in [1.29, 1.82) is 0 Å². The SMILES string of the molecule is [N-]=[N+]=Nc1nc(N=[N+]=[N-])nc(NNc2nnc(NNc3nc(N=[N+]=[N-])nc(N=[N+]=[N-])n3)nn2)n1. The Morgan fingerprint density at radius 3 is 0.941 bits per heavy atom. The fraction of sp³-hybridized carbons (Fsp3) is 0. The molecule has 0 amide bonds. The monoisotopic (exact) mass is 464 g/mol. The number of azide groups is 4. The maximum atomic E-state index is 8.48. The fourth-order valence-corrected chi connectivity index (χ4v) is 1.71. The molecule has 26 nitrogen and oxygen atoms in total. The van der Waals surface area contributed by atoms with Crippen LogP contribution in [0.3, 0.4) is 0 Å². The lowest BCUT2D eigenvalue weighted by atomic mass is 10.8. The van der Waals surface area contributed by atoms with Crippen LogP contribution in [0.25, 0.3) is 41.8 Å². The minimum atomic E-state index is -0.363. The number of hydrogen-bond donors (Lipinski definition) is 4. The Kier molecular flexibility index (Phi) is 7.13. The van der Waals surface area contributed by atoms with Crippen LogP contribution in [0.15, 0.2) is 20.5 Å². The lowest BCUT2D eigenvalue weighted by Crippen LogP contribution is -2.18. The normalized spacial score (nSPS) is 9.18. The number of hydrogen-bond acceptors (Lipinski definition) is 18. The Bertz CT molecular complexity index is 1190. The third kappa shape index (κ3) is 6.20. The Balaban J connectivity index is 1.65. The molecule has 26 heteroatoms. The number of hydrazine groups is 2. The number of anilines is 4. The molecule has 0 spiro atoms. The predicted octanol–water partition coefficient (Wildman–Crippen LogP) is 2.28. The van der Waals surface area contributed by atoms with Crippen molar-refractivity contribution in [2.45, 2.75) is 0 Å². The average molecular weight is 464 g/mol. The highest BCUT2D eigenvalue weighted by molar-refractivity contribution is 5.42. The quantitative estimate of drug-likeness (QED) is 0.145. The predicted molar refractivity (Wildman–Crippen MR) is 107 cm³/mol. The van der Waals surface area contributed by atoms with Gasteiger partial charge in [-0.3, -0.25) is 21.7 Å². The maximum Gasteiger partial charge on any atom is 0.280 e. The number of nitrogens with one attached hydrogen (secondary N) is 4. The van der Waals surface area contributed by atoms with E-state index in [1.54, 1.807) is 0 Å². The van der Waals surface area contributed by atoms with Gasteiger partial charge in [0, 0.05) is 19.6 Å². The van der Waals surface area contributed by atoms with Gasteiger partial charge in [0.1, 0.15) is 0 Å². The molecular weight excluding hydrogens is 460 g/mol. The Morgan fingerprint density at radius 1 is 0.412 bits per heavy atom. The van der Waals surface area contributed by atoms with Gasteiger partial charge >= 0.3 is 0 Å². The van der Waals surface area contributed by atoms with Crippen LogP contribution in [0.5, 0.6) is 0 Å². The summed E-state index contributed by atoms with van der Waals surface area (Å²) < 4.78 is 0. The molecule has 0 radical (unpaired) electrons. The van der Waals surface area contributed by atoms with Gasteiger partial charge in [-0.15, -0.1) is 20.4 Å². The Morgan fingerprint density at radius 2 is 0.676 bits per heavy atom. The van der Waals surface area contributed by atoms with E-state index in [2.05, 4.69) is 112 Å². The summed E-state index contributed by atoms with van der Waals surface area (Å²) in [5, 5.41) is 27.5. The average Bonchev–Trinajstić information content (AvgIpc) is 2.83. The van der Waals surface area contributed by atoms with Crippen molar-refractivity contribution < 1.29 is 0 Å². The van der Waals surface area contributed by atoms with Crippen LogP contribution >= 0.6 is 0 Å². The zero-order valence-electron chi connectivity index (χ0n) is 15.8. The van der Waals surface area contributed by atoms with E-state index < -0.39 is 0 Å². The van der Waals surface area contributed by atoms with Crippen LogP contribution in [0.1, 0.15) is 0 Å². The first-order chi connectivity index (χ1) is 16.6. The van der Waals surface area contributed by atoms with Gasteiger partial charge in [0.25, 0.3) is 11.9 Å². The molecule has 0 aliphatic heterocycles. The van der Waals surface area contributed by atoms with Crippen molar-refractivity contribution in [2.75, 3.05) is 21.7 Å². The molecule has 3 aromatic rings. The summed E-state index contributed by atoms with van der Waals surface area (Å²) in [6, 6.07) is 0. The van der Waals surface area contributed by atoms with Gasteiger partial charge in [-0.1, -0.05) is 0 Å². The number of rotatable bonds is 10. The second kappa shape index (κ2) is 11.0. The van der Waals surface area contributed by atoms with E-state index in [0.717, 1.165) is 0 Å². The first-order valence-electron chi connectivity index (χ1n) is 7.97. The standard InChI is InChI=1S/C8H4N26/c9-31-27-3-13-1(14-4(17-3)28-32-10)19-21-7-23-25-8(26-24-7)22-20-2-15-5(29-33-11)18-6(16-2)30-34-12/h(H,21,23,24)(H,22,25,26)(H,13,14,17,19)(H,15,16,18,20). The molecule has 0 aromatic carbocycles. The molecule has 0 aliphatic carbocycles. The van der Waals surface area contributed by atoms with E-state index in [9.17, 15) is 0 Å². The molecule has 0 bridgehead atoms. The highest BCUT2D eigenvalue weighted by Crippen LogP contribution is 2.15. The van der Waals surface area contributed by atoms with Gasteiger partial charge in [-0.25, -0.2) is 9.97 Å². The first-order valence-corrected chi connectivity index (χ1v) is 7.97. The van der Waals surface area contributed by atoms with Crippen molar-refractivity contribution in [3.63, 3.8) is 0 Å². The molecule has 3 heterocycles. The van der Waals surface area contributed by atoms with Gasteiger partial charge in [0.05, 0.1) is 0 Å². The smallest absolute Gasteiger partial charge is 0.265 e. The van der Waals surface area contributed by atoms with E-state index in [1.165, 1.54) is 0 Å². The lowest BCUT2D eigenvalue weighted by Gasteiger charge is -2.08. The van der Waals surface area contributed by atoms with E-state index in [-0.39, 0.29) is 47.6 Å². The second-order valence-corrected chi connectivity index (χ2v) is 4.82. The summed E-state index contributed by atoms with van der Waals surface area (Å²) >= 11 is 0. The third-order valence-electron chi connectivity index (χ3n) is 2.81. The summed E-state index contributed by atoms with van der Waals surface area (Å²) in [5.41, 5.74) is 43.7. The third-order valence-corrected chi connectivity index (χ3v) is 2.81. The van der Waals surface area contributed by atoms with E-state index >= 15 is 0 Å². The molecule has 0 fully saturated rings. The van der Waals surface area contributed by atoms with E-state index in [0.29, 0.717) is 0 Å². The summed E-state index contributed by atoms with van der Waals surface area (Å²) in [7, 11) is 0. The van der Waals surface area contributed by atoms with Crippen molar-refractivity contribution >= 4 is 47.6 Å². The van der Waals surface area contributed by atoms with Crippen molar-refractivity contribution in [1.82, 2.24) is 50.3 Å². The van der Waals surface area contributed by atoms with Gasteiger partial charge < -0.3 is 0 Å². The molecule has 166 valence electrons. The topological polar surface area (TPSA) is 372 Å². The van der Waals surface area contributed by atoms with Gasteiger partial charge in [-0.05, 0) is 42.6 Å². The minimum absolute atomic E-state index is 0.155. The largest absolute Gasteiger partial charge is 0.280 e. The first kappa shape index (κ1) is 22.1. The summed E-state index contributed by atoms with van der Waals surface area (Å²) in [4.78, 5) is 32.2. The molecule has 0 saturated carbocycles. The highest BCUT2D eigenvalue weighted by Gasteiger charge is 2.07. The van der Waals surface area contributed by atoms with Gasteiger partial charge in [0.2, 0.25) is 35.7 Å². The zero-order valence-corrected chi connectivity index (χ0v) is 15.8. The molecule has 0 aliphatic rings. The number of aromatic nitrogens is 10.